The van der Waals surface area contributed by atoms with Gasteiger partial charge in [-0.2, -0.15) is 0 Å². The number of nitrogens with one attached hydrogen (secondary N) is 1. The van der Waals surface area contributed by atoms with Crippen LogP contribution >= 0.6 is 24.0 Å². The average Bonchev–Trinajstić information content (AvgIpc) is 3.17. The minimum absolute atomic E-state index is 0. The highest BCUT2D eigenvalue weighted by molar-refractivity contribution is 14.0. The van der Waals surface area contributed by atoms with E-state index in [1.807, 2.05) is 0 Å². The maximum Gasteiger partial charge on any atom is 0.193 e. The number of nitrogens with zero attached hydrogens (tertiary/aromatic N) is 3. The van der Waals surface area contributed by atoms with E-state index in [1.54, 1.807) is 7.11 Å². The first kappa shape index (κ1) is 26.1. The number of ether oxygens (including phenoxy) is 2. The van der Waals surface area contributed by atoms with E-state index in [4.69, 9.17) is 14.5 Å². The monoisotopic (exact) mass is 518 g/mol. The van der Waals surface area contributed by atoms with Crippen LogP contribution in [0.5, 0.6) is 0 Å². The third-order valence-electron chi connectivity index (χ3n) is 5.20. The van der Waals surface area contributed by atoms with Gasteiger partial charge in [0.05, 0.1) is 26.4 Å². The fourth-order valence-electron chi connectivity index (χ4n) is 3.47. The van der Waals surface area contributed by atoms with E-state index in [-0.39, 0.29) is 24.0 Å². The van der Waals surface area contributed by atoms with E-state index in [9.17, 15) is 0 Å². The first-order chi connectivity index (χ1) is 13.6. The van der Waals surface area contributed by atoms with Gasteiger partial charge in [0.1, 0.15) is 0 Å². The van der Waals surface area contributed by atoms with Gasteiger partial charge >= 0.3 is 0 Å². The van der Waals surface area contributed by atoms with Gasteiger partial charge in [0.15, 0.2) is 5.96 Å². The number of benzene rings is 1. The van der Waals surface area contributed by atoms with Gasteiger partial charge in [0.2, 0.25) is 0 Å². The molecule has 1 aromatic rings. The lowest BCUT2D eigenvalue weighted by Gasteiger charge is -2.26. The molecule has 0 saturated carbocycles. The molecule has 2 atom stereocenters. The van der Waals surface area contributed by atoms with Gasteiger partial charge in [-0.1, -0.05) is 30.3 Å². The third kappa shape index (κ3) is 9.63. The van der Waals surface area contributed by atoms with Gasteiger partial charge in [-0.3, -0.25) is 4.99 Å². The Morgan fingerprint density at radius 2 is 2.03 bits per heavy atom. The predicted octanol–water partition coefficient (Wildman–Crippen LogP) is 2.73. The number of methoxy groups -OCH3 is 1. The summed E-state index contributed by atoms with van der Waals surface area (Å²) in [5, 5.41) is 3.48. The number of hydrogen-bond donors (Lipinski definition) is 1. The standard InChI is InChI=1S/C22H38N4O2.HI/c1-5-23-22(26-12-11-20(17-26)18-28-14-13-27-4)24-16-21(25(2)3)15-19-9-7-6-8-10-19;/h6-10,20-21H,5,11-18H2,1-4H3,(H,23,24);1H. The van der Waals surface area contributed by atoms with Crippen molar-refractivity contribution in [1.29, 1.82) is 0 Å². The van der Waals surface area contributed by atoms with E-state index >= 15 is 0 Å². The maximum absolute atomic E-state index is 5.72. The van der Waals surface area contributed by atoms with Gasteiger partial charge in [-0.25, -0.2) is 0 Å². The van der Waals surface area contributed by atoms with Crippen LogP contribution in [0.4, 0.5) is 0 Å². The van der Waals surface area contributed by atoms with Gasteiger partial charge in [-0.15, -0.1) is 24.0 Å². The quantitative estimate of drug-likeness (QED) is 0.211. The van der Waals surface area contributed by atoms with Gasteiger partial charge in [0, 0.05) is 38.7 Å². The molecule has 1 fully saturated rings. The summed E-state index contributed by atoms with van der Waals surface area (Å²) in [7, 11) is 5.98. The lowest BCUT2D eigenvalue weighted by molar-refractivity contribution is 0.0536. The van der Waals surface area contributed by atoms with Gasteiger partial charge in [-0.05, 0) is 39.4 Å². The highest BCUT2D eigenvalue weighted by atomic mass is 127. The van der Waals surface area contributed by atoms with Crippen molar-refractivity contribution in [3.63, 3.8) is 0 Å². The Morgan fingerprint density at radius 3 is 2.69 bits per heavy atom. The Bertz CT molecular complexity index is 571. The molecular formula is C22H39IN4O2. The molecule has 6 nitrogen and oxygen atoms in total. The molecule has 0 radical (unpaired) electrons. The lowest BCUT2D eigenvalue weighted by Crippen LogP contribution is -2.42. The average molecular weight is 518 g/mol. The number of guanidine groups is 1. The molecule has 0 aliphatic carbocycles. The fourth-order valence-corrected chi connectivity index (χ4v) is 3.47. The van der Waals surface area contributed by atoms with Crippen molar-refractivity contribution in [3.8, 4) is 0 Å². The molecule has 2 rings (SSSR count). The van der Waals surface area contributed by atoms with Crippen molar-refractivity contribution < 1.29 is 9.47 Å². The van der Waals surface area contributed by atoms with Crippen molar-refractivity contribution in [2.45, 2.75) is 25.8 Å². The Kier molecular flexibility index (Phi) is 13.5. The van der Waals surface area contributed by atoms with E-state index < -0.39 is 0 Å². The van der Waals surface area contributed by atoms with Crippen LogP contribution in [0.25, 0.3) is 0 Å². The largest absolute Gasteiger partial charge is 0.382 e. The van der Waals surface area contributed by atoms with Crippen molar-refractivity contribution in [1.82, 2.24) is 15.1 Å². The molecule has 166 valence electrons. The highest BCUT2D eigenvalue weighted by Crippen LogP contribution is 2.17. The first-order valence-electron chi connectivity index (χ1n) is 10.4. The predicted molar refractivity (Wildman–Crippen MR) is 131 cm³/mol. The molecule has 7 heteroatoms. The van der Waals surface area contributed by atoms with Crippen molar-refractivity contribution in [2.75, 3.05) is 67.2 Å². The summed E-state index contributed by atoms with van der Waals surface area (Å²) in [5.41, 5.74) is 1.36. The summed E-state index contributed by atoms with van der Waals surface area (Å²) in [6, 6.07) is 11.0. The summed E-state index contributed by atoms with van der Waals surface area (Å²) in [6.07, 6.45) is 2.16. The van der Waals surface area contributed by atoms with Crippen LogP contribution in [0, 0.1) is 5.92 Å². The van der Waals surface area contributed by atoms with E-state index in [0.717, 1.165) is 51.6 Å². The summed E-state index contributed by atoms with van der Waals surface area (Å²) in [6.45, 7) is 7.97. The first-order valence-corrected chi connectivity index (χ1v) is 10.4. The Balaban J connectivity index is 0.00000420. The molecule has 1 aliphatic heterocycles. The van der Waals surface area contributed by atoms with Crippen molar-refractivity contribution in [3.05, 3.63) is 35.9 Å². The number of likely N-dealkylation sites (tertiary alicyclic amines) is 1. The molecule has 1 aromatic carbocycles. The van der Waals surface area contributed by atoms with Crippen molar-refractivity contribution in [2.24, 2.45) is 10.9 Å². The lowest BCUT2D eigenvalue weighted by atomic mass is 10.1. The van der Waals surface area contributed by atoms with Crippen LogP contribution in [0.3, 0.4) is 0 Å². The molecule has 29 heavy (non-hydrogen) atoms. The second-order valence-corrected chi connectivity index (χ2v) is 7.67. The Labute approximate surface area is 194 Å². The number of likely N-dealkylation sites (N-methyl/N-ethyl adjacent to an activating group) is 1. The minimum Gasteiger partial charge on any atom is -0.382 e. The van der Waals surface area contributed by atoms with E-state index in [0.29, 0.717) is 25.2 Å². The topological polar surface area (TPSA) is 49.3 Å². The molecule has 2 unspecified atom stereocenters. The van der Waals surface area contributed by atoms with Crippen LogP contribution in [0.15, 0.2) is 35.3 Å². The molecule has 0 aromatic heterocycles. The zero-order valence-electron chi connectivity index (χ0n) is 18.5. The Morgan fingerprint density at radius 1 is 1.28 bits per heavy atom. The zero-order valence-corrected chi connectivity index (χ0v) is 20.8. The summed E-state index contributed by atoms with van der Waals surface area (Å²) < 4.78 is 10.8. The van der Waals surface area contributed by atoms with E-state index in [1.165, 1.54) is 5.56 Å². The molecule has 0 bridgehead atoms. The Hall–Kier alpha value is -0.900. The number of aliphatic imine (C=N–C) groups is 1. The van der Waals surface area contributed by atoms with Crippen LogP contribution in [-0.2, 0) is 15.9 Å². The number of rotatable bonds is 11. The van der Waals surface area contributed by atoms with Crippen LogP contribution < -0.4 is 5.32 Å². The van der Waals surface area contributed by atoms with Crippen LogP contribution in [0.2, 0.25) is 0 Å². The number of halogens is 1. The minimum atomic E-state index is 0. The SMILES string of the molecule is CCNC(=NCC(Cc1ccccc1)N(C)C)N1CCC(COCCOC)C1.I. The van der Waals surface area contributed by atoms with Gasteiger partial charge in [0.25, 0.3) is 0 Å². The highest BCUT2D eigenvalue weighted by Gasteiger charge is 2.25. The molecule has 0 amide bonds. The molecular weight excluding hydrogens is 479 g/mol. The zero-order chi connectivity index (χ0) is 20.2. The second-order valence-electron chi connectivity index (χ2n) is 7.67. The maximum atomic E-state index is 5.72. The molecule has 1 aliphatic rings. The summed E-state index contributed by atoms with van der Waals surface area (Å²) >= 11 is 0. The molecule has 1 N–H and O–H groups in total. The van der Waals surface area contributed by atoms with Crippen molar-refractivity contribution >= 4 is 29.9 Å². The molecule has 0 spiro atoms. The molecule has 1 heterocycles. The second kappa shape index (κ2) is 15.0. The number of hydrogen-bond acceptors (Lipinski definition) is 4. The van der Waals surface area contributed by atoms with Crippen LogP contribution in [-0.4, -0.2) is 89.0 Å². The smallest absolute Gasteiger partial charge is 0.193 e. The fraction of sp³-hybridized carbons (Fsp3) is 0.682. The van der Waals surface area contributed by atoms with Gasteiger partial charge < -0.3 is 24.6 Å². The third-order valence-corrected chi connectivity index (χ3v) is 5.20. The normalized spacial score (nSPS) is 18.0. The molecule has 1 saturated heterocycles. The summed E-state index contributed by atoms with van der Waals surface area (Å²) in [4.78, 5) is 9.64. The van der Waals surface area contributed by atoms with E-state index in [2.05, 4.69) is 66.5 Å². The van der Waals surface area contributed by atoms with Crippen LogP contribution in [0.1, 0.15) is 18.9 Å². The summed E-state index contributed by atoms with van der Waals surface area (Å²) in [5.74, 6) is 1.59.